The van der Waals surface area contributed by atoms with E-state index in [0.29, 0.717) is 17.9 Å². The van der Waals surface area contributed by atoms with Crippen LogP contribution in [-0.2, 0) is 23.6 Å². The average molecular weight is 294 g/mol. The molecule has 0 spiro atoms. The van der Waals surface area contributed by atoms with Gasteiger partial charge in [0, 0.05) is 25.9 Å². The van der Waals surface area contributed by atoms with Crippen molar-refractivity contribution < 1.29 is 8.42 Å². The number of aryl methyl sites for hydroxylation is 3. The Hall–Kier alpha value is -1.86. The second-order valence-corrected chi connectivity index (χ2v) is 6.38. The molecule has 0 aliphatic carbocycles. The van der Waals surface area contributed by atoms with Gasteiger partial charge in [-0.05, 0) is 36.6 Å². The van der Waals surface area contributed by atoms with Gasteiger partial charge in [0.25, 0.3) is 10.0 Å². The van der Waals surface area contributed by atoms with E-state index in [9.17, 15) is 8.42 Å². The van der Waals surface area contributed by atoms with E-state index in [1.165, 1.54) is 4.68 Å². The highest BCUT2D eigenvalue weighted by Crippen LogP contribution is 2.22. The van der Waals surface area contributed by atoms with Crippen LogP contribution in [0.5, 0.6) is 0 Å². The lowest BCUT2D eigenvalue weighted by atomic mass is 10.1. The van der Waals surface area contributed by atoms with E-state index in [2.05, 4.69) is 9.82 Å². The van der Waals surface area contributed by atoms with Crippen LogP contribution in [0.15, 0.2) is 29.3 Å². The largest absolute Gasteiger partial charge is 0.326 e. The van der Waals surface area contributed by atoms with Crippen LogP contribution in [0.2, 0.25) is 0 Å². The number of aromatic nitrogens is 2. The standard InChI is InChI=1S/C13H18N4O2S/c1-9-6-10(2)12(7-11(9)8-14)20(18,19)16-13-4-5-17(3)15-13/h4-7H,8,14H2,1-3H3,(H,15,16). The minimum atomic E-state index is -3.66. The number of anilines is 1. The third-order valence-electron chi connectivity index (χ3n) is 3.10. The maximum absolute atomic E-state index is 12.4. The normalized spacial score (nSPS) is 11.6. The lowest BCUT2D eigenvalue weighted by Gasteiger charge is -2.12. The Bertz CT molecular complexity index is 735. The SMILES string of the molecule is Cc1cc(C)c(S(=O)(=O)Nc2ccn(C)n2)cc1CN. The highest BCUT2D eigenvalue weighted by molar-refractivity contribution is 7.92. The van der Waals surface area contributed by atoms with Gasteiger partial charge >= 0.3 is 0 Å². The summed E-state index contributed by atoms with van der Waals surface area (Å²) in [6, 6.07) is 5.05. The molecule has 2 rings (SSSR count). The molecule has 0 bridgehead atoms. The summed E-state index contributed by atoms with van der Waals surface area (Å²) < 4.78 is 28.8. The molecule has 6 nitrogen and oxygen atoms in total. The predicted molar refractivity (Wildman–Crippen MR) is 77.8 cm³/mol. The third kappa shape index (κ3) is 2.83. The molecule has 1 heterocycles. The highest BCUT2D eigenvalue weighted by atomic mass is 32.2. The fraction of sp³-hybridized carbons (Fsp3) is 0.308. The fourth-order valence-electron chi connectivity index (χ4n) is 2.05. The van der Waals surface area contributed by atoms with Crippen LogP contribution in [0.3, 0.4) is 0 Å². The molecule has 0 aliphatic rings. The molecule has 20 heavy (non-hydrogen) atoms. The molecule has 1 aromatic carbocycles. The maximum atomic E-state index is 12.4. The zero-order chi connectivity index (χ0) is 14.9. The van der Waals surface area contributed by atoms with E-state index in [-0.39, 0.29) is 4.90 Å². The zero-order valence-corrected chi connectivity index (χ0v) is 12.5. The first-order valence-electron chi connectivity index (χ1n) is 6.16. The number of benzene rings is 1. The van der Waals surface area contributed by atoms with Gasteiger partial charge in [-0.15, -0.1) is 0 Å². The van der Waals surface area contributed by atoms with E-state index in [1.807, 2.05) is 13.0 Å². The summed E-state index contributed by atoms with van der Waals surface area (Å²) in [7, 11) is -1.94. The van der Waals surface area contributed by atoms with Gasteiger partial charge in [-0.2, -0.15) is 5.10 Å². The van der Waals surface area contributed by atoms with Crippen LogP contribution >= 0.6 is 0 Å². The number of hydrogen-bond acceptors (Lipinski definition) is 4. The molecular formula is C13H18N4O2S. The van der Waals surface area contributed by atoms with Gasteiger partial charge in [-0.25, -0.2) is 8.42 Å². The monoisotopic (exact) mass is 294 g/mol. The van der Waals surface area contributed by atoms with Crippen molar-refractivity contribution in [3.05, 3.63) is 41.1 Å². The summed E-state index contributed by atoms with van der Waals surface area (Å²) >= 11 is 0. The molecule has 1 aromatic heterocycles. The van der Waals surface area contributed by atoms with Gasteiger partial charge in [0.1, 0.15) is 0 Å². The van der Waals surface area contributed by atoms with E-state index in [4.69, 9.17) is 5.73 Å². The lowest BCUT2D eigenvalue weighted by Crippen LogP contribution is -2.16. The molecule has 0 saturated heterocycles. The van der Waals surface area contributed by atoms with Gasteiger partial charge < -0.3 is 5.73 Å². The van der Waals surface area contributed by atoms with Crippen molar-refractivity contribution in [3.8, 4) is 0 Å². The molecule has 0 fully saturated rings. The van der Waals surface area contributed by atoms with Gasteiger partial charge in [0.2, 0.25) is 0 Å². The maximum Gasteiger partial charge on any atom is 0.263 e. The number of nitrogens with one attached hydrogen (secondary N) is 1. The van der Waals surface area contributed by atoms with Crippen molar-refractivity contribution in [2.45, 2.75) is 25.3 Å². The second kappa shape index (κ2) is 5.26. The third-order valence-corrected chi connectivity index (χ3v) is 4.59. The summed E-state index contributed by atoms with van der Waals surface area (Å²) in [5, 5.41) is 4.01. The molecule has 0 aliphatic heterocycles. The molecule has 0 amide bonds. The van der Waals surface area contributed by atoms with Crippen molar-refractivity contribution in [1.82, 2.24) is 9.78 Å². The average Bonchev–Trinajstić information content (AvgIpc) is 2.73. The Labute approximate surface area is 118 Å². The van der Waals surface area contributed by atoms with Crippen LogP contribution in [0.1, 0.15) is 16.7 Å². The number of sulfonamides is 1. The first-order valence-corrected chi connectivity index (χ1v) is 7.64. The molecular weight excluding hydrogens is 276 g/mol. The Morgan fingerprint density at radius 2 is 2.00 bits per heavy atom. The van der Waals surface area contributed by atoms with E-state index in [1.54, 1.807) is 32.3 Å². The van der Waals surface area contributed by atoms with Crippen molar-refractivity contribution in [2.24, 2.45) is 12.8 Å². The summed E-state index contributed by atoms with van der Waals surface area (Å²) in [4.78, 5) is 0.231. The fourth-order valence-corrected chi connectivity index (χ4v) is 3.32. The van der Waals surface area contributed by atoms with Crippen LogP contribution < -0.4 is 10.5 Å². The topological polar surface area (TPSA) is 90.0 Å². The smallest absolute Gasteiger partial charge is 0.263 e. The van der Waals surface area contributed by atoms with Gasteiger partial charge in [0.15, 0.2) is 5.82 Å². The first-order chi connectivity index (χ1) is 9.33. The second-order valence-electron chi connectivity index (χ2n) is 4.73. The van der Waals surface area contributed by atoms with E-state index >= 15 is 0 Å². The van der Waals surface area contributed by atoms with Crippen molar-refractivity contribution >= 4 is 15.8 Å². The summed E-state index contributed by atoms with van der Waals surface area (Å²) in [6.45, 7) is 3.98. The van der Waals surface area contributed by atoms with Crippen LogP contribution in [0.4, 0.5) is 5.82 Å². The molecule has 0 saturated carbocycles. The van der Waals surface area contributed by atoms with Crippen LogP contribution in [0, 0.1) is 13.8 Å². The summed E-state index contributed by atoms with van der Waals surface area (Å²) in [5.74, 6) is 0.293. The molecule has 7 heteroatoms. The van der Waals surface area contributed by atoms with Gasteiger partial charge in [-0.3, -0.25) is 9.40 Å². The molecule has 3 N–H and O–H groups in total. The van der Waals surface area contributed by atoms with E-state index in [0.717, 1.165) is 11.1 Å². The minimum absolute atomic E-state index is 0.231. The highest BCUT2D eigenvalue weighted by Gasteiger charge is 2.19. The predicted octanol–water partition coefficient (Wildman–Crippen LogP) is 1.30. The Morgan fingerprint density at radius 1 is 1.30 bits per heavy atom. The molecule has 0 radical (unpaired) electrons. The lowest BCUT2D eigenvalue weighted by molar-refractivity contribution is 0.600. The molecule has 2 aromatic rings. The van der Waals surface area contributed by atoms with Crippen molar-refractivity contribution in [2.75, 3.05) is 4.72 Å². The van der Waals surface area contributed by atoms with Gasteiger partial charge in [0.05, 0.1) is 4.90 Å². The van der Waals surface area contributed by atoms with E-state index < -0.39 is 10.0 Å². The Kier molecular flexibility index (Phi) is 3.82. The minimum Gasteiger partial charge on any atom is -0.326 e. The zero-order valence-electron chi connectivity index (χ0n) is 11.7. The Morgan fingerprint density at radius 3 is 2.55 bits per heavy atom. The number of nitrogens with two attached hydrogens (primary N) is 1. The van der Waals surface area contributed by atoms with Crippen molar-refractivity contribution in [1.29, 1.82) is 0 Å². The molecule has 108 valence electrons. The van der Waals surface area contributed by atoms with Crippen LogP contribution in [-0.4, -0.2) is 18.2 Å². The first kappa shape index (κ1) is 14.5. The van der Waals surface area contributed by atoms with Gasteiger partial charge in [-0.1, -0.05) is 6.07 Å². The van der Waals surface area contributed by atoms with Crippen molar-refractivity contribution in [3.63, 3.8) is 0 Å². The number of hydrogen-bond donors (Lipinski definition) is 2. The quantitative estimate of drug-likeness (QED) is 0.889. The molecule has 0 atom stereocenters. The molecule has 0 unspecified atom stereocenters. The number of nitrogens with zero attached hydrogens (tertiary/aromatic N) is 2. The summed E-state index contributed by atoms with van der Waals surface area (Å²) in [5.41, 5.74) is 8.13. The number of rotatable bonds is 4. The summed E-state index contributed by atoms with van der Waals surface area (Å²) in [6.07, 6.45) is 1.67. The Balaban J connectivity index is 2.43. The van der Waals surface area contributed by atoms with Crippen LogP contribution in [0.25, 0.3) is 0 Å².